The molecule has 3 aromatic rings. The van der Waals surface area contributed by atoms with Gasteiger partial charge in [-0.25, -0.2) is 19.3 Å². The molecule has 0 aliphatic carbocycles. The fourth-order valence-corrected chi connectivity index (χ4v) is 2.23. The Bertz CT molecular complexity index is 914. The smallest absolute Gasteiger partial charge is 0.230 e. The maximum absolute atomic E-state index is 13.7. The topological polar surface area (TPSA) is 77.0 Å². The molecule has 0 fully saturated rings. The van der Waals surface area contributed by atoms with Gasteiger partial charge >= 0.3 is 0 Å². The molecule has 1 N–H and O–H groups in total. The van der Waals surface area contributed by atoms with Crippen molar-refractivity contribution in [2.75, 3.05) is 11.9 Å². The first-order valence-corrected chi connectivity index (χ1v) is 7.41. The summed E-state index contributed by atoms with van der Waals surface area (Å²) < 4.78 is 18.9. The van der Waals surface area contributed by atoms with Crippen LogP contribution in [-0.2, 0) is 4.79 Å². The lowest BCUT2D eigenvalue weighted by molar-refractivity contribution is -0.114. The Morgan fingerprint density at radius 1 is 1.21 bits per heavy atom. The van der Waals surface area contributed by atoms with Gasteiger partial charge in [0.05, 0.1) is 24.0 Å². The highest BCUT2D eigenvalue weighted by Gasteiger charge is 2.09. The predicted octanol–water partition coefficient (Wildman–Crippen LogP) is 3.19. The maximum Gasteiger partial charge on any atom is 0.230 e. The van der Waals surface area contributed by atoms with Crippen molar-refractivity contribution in [1.29, 1.82) is 0 Å². The van der Waals surface area contributed by atoms with Gasteiger partial charge in [0.25, 0.3) is 0 Å². The number of amides is 1. The molecule has 0 saturated carbocycles. The number of nitrogens with zero attached hydrogens (tertiary/aromatic N) is 3. The van der Waals surface area contributed by atoms with E-state index in [9.17, 15) is 9.18 Å². The number of carbonyl (C=O) groups is 1. The van der Waals surface area contributed by atoms with E-state index in [0.717, 1.165) is 5.56 Å². The van der Waals surface area contributed by atoms with Gasteiger partial charge in [-0.15, -0.1) is 0 Å². The Labute approximate surface area is 137 Å². The third-order valence-electron chi connectivity index (χ3n) is 3.25. The Morgan fingerprint density at radius 2 is 2.04 bits per heavy atom. The second kappa shape index (κ2) is 6.57. The number of aromatic nitrogens is 3. The lowest BCUT2D eigenvalue weighted by Gasteiger charge is -2.08. The largest absolute Gasteiger partial charge is 0.491 e. The second-order valence-corrected chi connectivity index (χ2v) is 5.05. The fourth-order valence-electron chi connectivity index (χ4n) is 2.23. The first kappa shape index (κ1) is 15.8. The van der Waals surface area contributed by atoms with E-state index in [2.05, 4.69) is 20.3 Å². The average Bonchev–Trinajstić information content (AvgIpc) is 2.56. The van der Waals surface area contributed by atoms with Gasteiger partial charge in [0.1, 0.15) is 5.52 Å². The van der Waals surface area contributed by atoms with Crippen LogP contribution < -0.4 is 10.1 Å². The Hall–Kier alpha value is -3.09. The maximum atomic E-state index is 13.7. The summed E-state index contributed by atoms with van der Waals surface area (Å²) >= 11 is 0. The summed E-state index contributed by atoms with van der Waals surface area (Å²) in [6.45, 7) is 3.56. The highest BCUT2D eigenvalue weighted by molar-refractivity contribution is 5.88. The van der Waals surface area contributed by atoms with E-state index < -0.39 is 5.82 Å². The molecule has 0 unspecified atom stereocenters. The molecule has 0 aliphatic rings. The van der Waals surface area contributed by atoms with Gasteiger partial charge < -0.3 is 4.74 Å². The number of pyridine rings is 1. The van der Waals surface area contributed by atoms with Crippen LogP contribution >= 0.6 is 0 Å². The minimum Gasteiger partial charge on any atom is -0.491 e. The summed E-state index contributed by atoms with van der Waals surface area (Å²) in [5.74, 6) is -0.238. The van der Waals surface area contributed by atoms with Crippen LogP contribution in [0.5, 0.6) is 5.75 Å². The highest BCUT2D eigenvalue weighted by atomic mass is 19.1. The SMILES string of the molecule is CCOc1cc(-c2ccc3nc(NC(C)=O)ncc3n2)ccc1F. The number of hydrogen-bond donors (Lipinski definition) is 1. The number of nitrogens with one attached hydrogen (secondary N) is 1. The number of rotatable bonds is 4. The predicted molar refractivity (Wildman–Crippen MR) is 88.2 cm³/mol. The average molecular weight is 326 g/mol. The molecule has 0 saturated heterocycles. The standard InChI is InChI=1S/C17H15FN4O2/c1-3-24-16-8-11(4-5-12(16)18)13-6-7-14-15(21-13)9-19-17(22-14)20-10(2)23/h4-9H,3H2,1-2H3,(H,19,20,22,23). The zero-order valence-corrected chi connectivity index (χ0v) is 13.2. The van der Waals surface area contributed by atoms with Crippen LogP contribution in [0.3, 0.4) is 0 Å². The minimum absolute atomic E-state index is 0.189. The Kier molecular flexibility index (Phi) is 4.33. The molecule has 122 valence electrons. The van der Waals surface area contributed by atoms with Crippen molar-refractivity contribution in [3.63, 3.8) is 0 Å². The molecule has 7 heteroatoms. The van der Waals surface area contributed by atoms with E-state index in [1.54, 1.807) is 31.2 Å². The van der Waals surface area contributed by atoms with Crippen molar-refractivity contribution in [2.24, 2.45) is 0 Å². The van der Waals surface area contributed by atoms with Crippen molar-refractivity contribution >= 4 is 22.9 Å². The Morgan fingerprint density at radius 3 is 2.79 bits per heavy atom. The van der Waals surface area contributed by atoms with Gasteiger partial charge in [-0.3, -0.25) is 10.1 Å². The Balaban J connectivity index is 1.99. The van der Waals surface area contributed by atoms with E-state index in [-0.39, 0.29) is 17.6 Å². The van der Waals surface area contributed by atoms with E-state index in [1.165, 1.54) is 19.2 Å². The van der Waals surface area contributed by atoms with Crippen molar-refractivity contribution in [3.05, 3.63) is 42.3 Å². The van der Waals surface area contributed by atoms with Gasteiger partial charge in [-0.1, -0.05) is 0 Å². The van der Waals surface area contributed by atoms with Crippen LogP contribution in [0.1, 0.15) is 13.8 Å². The van der Waals surface area contributed by atoms with Gasteiger partial charge in [0, 0.05) is 12.5 Å². The van der Waals surface area contributed by atoms with Crippen LogP contribution in [0.15, 0.2) is 36.5 Å². The van der Waals surface area contributed by atoms with E-state index in [4.69, 9.17) is 4.74 Å². The molecular weight excluding hydrogens is 311 g/mol. The van der Waals surface area contributed by atoms with E-state index in [0.29, 0.717) is 23.3 Å². The number of carbonyl (C=O) groups excluding carboxylic acids is 1. The van der Waals surface area contributed by atoms with Crippen LogP contribution in [0, 0.1) is 5.82 Å². The summed E-state index contributed by atoms with van der Waals surface area (Å²) in [6.07, 6.45) is 1.53. The molecular formula is C17H15FN4O2. The molecule has 0 radical (unpaired) electrons. The van der Waals surface area contributed by atoms with E-state index in [1.807, 2.05) is 0 Å². The molecule has 0 aliphatic heterocycles. The van der Waals surface area contributed by atoms with Crippen molar-refractivity contribution in [3.8, 4) is 17.0 Å². The normalized spacial score (nSPS) is 10.6. The second-order valence-electron chi connectivity index (χ2n) is 5.05. The molecule has 24 heavy (non-hydrogen) atoms. The number of hydrogen-bond acceptors (Lipinski definition) is 5. The van der Waals surface area contributed by atoms with E-state index >= 15 is 0 Å². The quantitative estimate of drug-likeness (QED) is 0.797. The lowest BCUT2D eigenvalue weighted by atomic mass is 10.1. The number of ether oxygens (including phenoxy) is 1. The summed E-state index contributed by atoms with van der Waals surface area (Å²) in [5.41, 5.74) is 2.56. The van der Waals surface area contributed by atoms with Crippen LogP contribution in [-0.4, -0.2) is 27.5 Å². The summed E-state index contributed by atoms with van der Waals surface area (Å²) in [4.78, 5) is 23.8. The third-order valence-corrected chi connectivity index (χ3v) is 3.25. The van der Waals surface area contributed by atoms with Crippen molar-refractivity contribution in [1.82, 2.24) is 15.0 Å². The molecule has 3 rings (SSSR count). The van der Waals surface area contributed by atoms with Gasteiger partial charge in [-0.05, 0) is 37.3 Å². The molecule has 0 spiro atoms. The minimum atomic E-state index is -0.412. The monoisotopic (exact) mass is 326 g/mol. The molecule has 2 heterocycles. The first-order valence-electron chi connectivity index (χ1n) is 7.41. The van der Waals surface area contributed by atoms with Crippen LogP contribution in [0.4, 0.5) is 10.3 Å². The third kappa shape index (κ3) is 3.29. The molecule has 6 nitrogen and oxygen atoms in total. The highest BCUT2D eigenvalue weighted by Crippen LogP contribution is 2.26. The molecule has 2 aromatic heterocycles. The number of anilines is 1. The molecule has 1 aromatic carbocycles. The number of benzene rings is 1. The number of fused-ring (bicyclic) bond motifs is 1. The molecule has 1 amide bonds. The van der Waals surface area contributed by atoms with Gasteiger partial charge in [0.2, 0.25) is 11.9 Å². The van der Waals surface area contributed by atoms with Gasteiger partial charge in [-0.2, -0.15) is 0 Å². The summed E-state index contributed by atoms with van der Waals surface area (Å²) in [5, 5.41) is 2.52. The van der Waals surface area contributed by atoms with Crippen LogP contribution in [0.2, 0.25) is 0 Å². The first-order chi connectivity index (χ1) is 11.6. The zero-order chi connectivity index (χ0) is 17.1. The summed E-state index contributed by atoms with van der Waals surface area (Å²) in [6, 6.07) is 8.14. The van der Waals surface area contributed by atoms with Crippen molar-refractivity contribution < 1.29 is 13.9 Å². The van der Waals surface area contributed by atoms with Crippen molar-refractivity contribution in [2.45, 2.75) is 13.8 Å². The molecule has 0 bridgehead atoms. The number of halogens is 1. The van der Waals surface area contributed by atoms with Crippen LogP contribution in [0.25, 0.3) is 22.3 Å². The van der Waals surface area contributed by atoms with Gasteiger partial charge in [0.15, 0.2) is 11.6 Å². The molecule has 0 atom stereocenters. The fraction of sp³-hybridized carbons (Fsp3) is 0.176. The lowest BCUT2D eigenvalue weighted by Crippen LogP contribution is -2.09. The summed E-state index contributed by atoms with van der Waals surface area (Å²) in [7, 11) is 0. The zero-order valence-electron chi connectivity index (χ0n) is 13.2.